The molecular weight excluding hydrogens is 326 g/mol. The SMILES string of the molecule is CCCCc1ccc(C(=O)N(C)c2csc(-c3ccccc3)c2)cc1. The van der Waals surface area contributed by atoms with E-state index in [1.54, 1.807) is 16.2 Å². The summed E-state index contributed by atoms with van der Waals surface area (Å²) in [6.07, 6.45) is 3.45. The lowest BCUT2D eigenvalue weighted by Gasteiger charge is -2.15. The lowest BCUT2D eigenvalue weighted by atomic mass is 10.1. The number of benzene rings is 2. The standard InChI is InChI=1S/C22H23NOS/c1-3-4-8-17-11-13-19(14-12-17)22(24)23(2)20-15-21(25-16-20)18-9-6-5-7-10-18/h5-7,9-16H,3-4,8H2,1-2H3. The Labute approximate surface area is 153 Å². The quantitative estimate of drug-likeness (QED) is 0.532. The Morgan fingerprint density at radius 3 is 2.44 bits per heavy atom. The maximum absolute atomic E-state index is 12.7. The van der Waals surface area contributed by atoms with Gasteiger partial charge in [-0.2, -0.15) is 0 Å². The van der Waals surface area contributed by atoms with Gasteiger partial charge in [0.25, 0.3) is 5.91 Å². The van der Waals surface area contributed by atoms with Crippen molar-refractivity contribution in [2.24, 2.45) is 0 Å². The molecule has 0 aliphatic carbocycles. The zero-order valence-electron chi connectivity index (χ0n) is 14.7. The van der Waals surface area contributed by atoms with Crippen LogP contribution in [0.5, 0.6) is 0 Å². The third-order valence-electron chi connectivity index (χ3n) is 4.36. The second kappa shape index (κ2) is 8.13. The minimum atomic E-state index is 0.0273. The summed E-state index contributed by atoms with van der Waals surface area (Å²) in [4.78, 5) is 15.6. The molecule has 3 rings (SSSR count). The van der Waals surface area contributed by atoms with E-state index < -0.39 is 0 Å². The van der Waals surface area contributed by atoms with Crippen LogP contribution in [0, 0.1) is 0 Å². The topological polar surface area (TPSA) is 20.3 Å². The number of anilines is 1. The first-order valence-electron chi connectivity index (χ1n) is 8.70. The van der Waals surface area contributed by atoms with Crippen LogP contribution < -0.4 is 4.90 Å². The molecule has 1 heterocycles. The van der Waals surface area contributed by atoms with Gasteiger partial charge < -0.3 is 4.90 Å². The van der Waals surface area contributed by atoms with E-state index in [4.69, 9.17) is 0 Å². The van der Waals surface area contributed by atoms with E-state index in [1.807, 2.05) is 42.8 Å². The van der Waals surface area contributed by atoms with E-state index in [0.717, 1.165) is 17.7 Å². The summed E-state index contributed by atoms with van der Waals surface area (Å²) in [6, 6.07) is 20.3. The van der Waals surface area contributed by atoms with Crippen LogP contribution in [-0.4, -0.2) is 13.0 Å². The van der Waals surface area contributed by atoms with Gasteiger partial charge in [0, 0.05) is 22.9 Å². The highest BCUT2D eigenvalue weighted by molar-refractivity contribution is 7.14. The first-order valence-corrected chi connectivity index (χ1v) is 9.58. The summed E-state index contributed by atoms with van der Waals surface area (Å²) in [7, 11) is 1.84. The number of rotatable bonds is 6. The third-order valence-corrected chi connectivity index (χ3v) is 5.32. The van der Waals surface area contributed by atoms with Crippen molar-refractivity contribution < 1.29 is 4.79 Å². The normalized spacial score (nSPS) is 10.6. The molecule has 0 bridgehead atoms. The highest BCUT2D eigenvalue weighted by Crippen LogP contribution is 2.31. The van der Waals surface area contributed by atoms with Gasteiger partial charge in [-0.1, -0.05) is 55.8 Å². The number of carbonyl (C=O) groups is 1. The molecule has 0 saturated heterocycles. The van der Waals surface area contributed by atoms with Crippen LogP contribution in [0.3, 0.4) is 0 Å². The first-order chi connectivity index (χ1) is 12.2. The average Bonchev–Trinajstić information content (AvgIpc) is 3.16. The van der Waals surface area contributed by atoms with Crippen LogP contribution in [0.2, 0.25) is 0 Å². The third kappa shape index (κ3) is 4.18. The Morgan fingerprint density at radius 2 is 1.76 bits per heavy atom. The van der Waals surface area contributed by atoms with Gasteiger partial charge in [0.05, 0.1) is 5.69 Å². The lowest BCUT2D eigenvalue weighted by molar-refractivity contribution is 0.0993. The minimum Gasteiger partial charge on any atom is -0.311 e. The Balaban J connectivity index is 1.73. The summed E-state index contributed by atoms with van der Waals surface area (Å²) < 4.78 is 0. The second-order valence-corrected chi connectivity index (χ2v) is 7.11. The molecule has 0 fully saturated rings. The van der Waals surface area contributed by atoms with Crippen LogP contribution in [0.4, 0.5) is 5.69 Å². The van der Waals surface area contributed by atoms with Crippen LogP contribution in [0.25, 0.3) is 10.4 Å². The van der Waals surface area contributed by atoms with Gasteiger partial charge in [-0.15, -0.1) is 11.3 Å². The van der Waals surface area contributed by atoms with E-state index >= 15 is 0 Å². The van der Waals surface area contributed by atoms with E-state index in [1.165, 1.54) is 28.8 Å². The van der Waals surface area contributed by atoms with Gasteiger partial charge in [-0.25, -0.2) is 0 Å². The highest BCUT2D eigenvalue weighted by atomic mass is 32.1. The predicted molar refractivity (Wildman–Crippen MR) is 108 cm³/mol. The molecule has 0 radical (unpaired) electrons. The first kappa shape index (κ1) is 17.4. The fourth-order valence-corrected chi connectivity index (χ4v) is 3.70. The number of nitrogens with zero attached hydrogens (tertiary/aromatic N) is 1. The molecule has 0 spiro atoms. The predicted octanol–water partition coefficient (Wildman–Crippen LogP) is 6.03. The molecule has 0 aliphatic rings. The van der Waals surface area contributed by atoms with Crippen molar-refractivity contribution in [1.29, 1.82) is 0 Å². The van der Waals surface area contributed by atoms with Gasteiger partial charge >= 0.3 is 0 Å². The summed E-state index contributed by atoms with van der Waals surface area (Å²) in [6.45, 7) is 2.19. The van der Waals surface area contributed by atoms with Crippen LogP contribution in [0.1, 0.15) is 35.7 Å². The van der Waals surface area contributed by atoms with Crippen molar-refractivity contribution in [2.45, 2.75) is 26.2 Å². The number of hydrogen-bond donors (Lipinski definition) is 0. The monoisotopic (exact) mass is 349 g/mol. The molecular formula is C22H23NOS. The number of aryl methyl sites for hydroxylation is 1. The van der Waals surface area contributed by atoms with E-state index in [0.29, 0.717) is 0 Å². The van der Waals surface area contributed by atoms with Crippen LogP contribution in [0.15, 0.2) is 66.0 Å². The molecule has 2 aromatic carbocycles. The fraction of sp³-hybridized carbons (Fsp3) is 0.227. The maximum atomic E-state index is 12.7. The van der Waals surface area contributed by atoms with E-state index in [9.17, 15) is 4.79 Å². The fourth-order valence-electron chi connectivity index (χ4n) is 2.76. The molecule has 3 aromatic rings. The summed E-state index contributed by atoms with van der Waals surface area (Å²) >= 11 is 1.66. The summed E-state index contributed by atoms with van der Waals surface area (Å²) in [5, 5.41) is 2.04. The molecule has 25 heavy (non-hydrogen) atoms. The molecule has 0 saturated carbocycles. The number of hydrogen-bond acceptors (Lipinski definition) is 2. The molecule has 0 N–H and O–H groups in total. The minimum absolute atomic E-state index is 0.0273. The Bertz CT molecular complexity index is 821. The Morgan fingerprint density at radius 1 is 1.04 bits per heavy atom. The largest absolute Gasteiger partial charge is 0.311 e. The Hall–Kier alpha value is -2.39. The van der Waals surface area contributed by atoms with Gasteiger partial charge in [0.15, 0.2) is 0 Å². The molecule has 0 aliphatic heterocycles. The van der Waals surface area contributed by atoms with Crippen LogP contribution >= 0.6 is 11.3 Å². The van der Waals surface area contributed by atoms with E-state index in [2.05, 4.69) is 37.3 Å². The van der Waals surface area contributed by atoms with Gasteiger partial charge in [-0.05, 0) is 42.2 Å². The van der Waals surface area contributed by atoms with Crippen molar-refractivity contribution >= 4 is 22.9 Å². The lowest BCUT2D eigenvalue weighted by Crippen LogP contribution is -2.25. The molecule has 0 atom stereocenters. The molecule has 0 unspecified atom stereocenters. The van der Waals surface area contributed by atoms with Crippen molar-refractivity contribution in [2.75, 3.05) is 11.9 Å². The number of carbonyl (C=O) groups excluding carboxylic acids is 1. The molecule has 1 aromatic heterocycles. The molecule has 128 valence electrons. The zero-order chi connectivity index (χ0) is 17.6. The molecule has 3 heteroatoms. The summed E-state index contributed by atoms with van der Waals surface area (Å²) in [5.41, 5.74) is 4.14. The molecule has 1 amide bonds. The van der Waals surface area contributed by atoms with Gasteiger partial charge in [0.1, 0.15) is 0 Å². The van der Waals surface area contributed by atoms with Crippen molar-refractivity contribution in [1.82, 2.24) is 0 Å². The number of amides is 1. The van der Waals surface area contributed by atoms with E-state index in [-0.39, 0.29) is 5.91 Å². The van der Waals surface area contributed by atoms with Gasteiger partial charge in [0.2, 0.25) is 0 Å². The van der Waals surface area contributed by atoms with Crippen molar-refractivity contribution in [3.63, 3.8) is 0 Å². The molecule has 2 nitrogen and oxygen atoms in total. The van der Waals surface area contributed by atoms with Crippen molar-refractivity contribution in [3.8, 4) is 10.4 Å². The zero-order valence-corrected chi connectivity index (χ0v) is 15.6. The van der Waals surface area contributed by atoms with Crippen molar-refractivity contribution in [3.05, 3.63) is 77.2 Å². The maximum Gasteiger partial charge on any atom is 0.258 e. The number of unbranched alkanes of at least 4 members (excludes halogenated alkanes) is 1. The van der Waals surface area contributed by atoms with Crippen LogP contribution in [-0.2, 0) is 6.42 Å². The van der Waals surface area contributed by atoms with Gasteiger partial charge in [-0.3, -0.25) is 4.79 Å². The smallest absolute Gasteiger partial charge is 0.258 e. The average molecular weight is 349 g/mol. The second-order valence-electron chi connectivity index (χ2n) is 6.20. The highest BCUT2D eigenvalue weighted by Gasteiger charge is 2.15. The Kier molecular flexibility index (Phi) is 5.67. The number of thiophene rings is 1. The summed E-state index contributed by atoms with van der Waals surface area (Å²) in [5.74, 6) is 0.0273.